The van der Waals surface area contributed by atoms with Gasteiger partial charge in [0.25, 0.3) is 0 Å². The van der Waals surface area contributed by atoms with Crippen molar-refractivity contribution in [3.63, 3.8) is 0 Å². The Labute approximate surface area is 129 Å². The molecule has 0 saturated carbocycles. The van der Waals surface area contributed by atoms with Crippen LogP contribution < -0.4 is 4.74 Å². The van der Waals surface area contributed by atoms with Crippen molar-refractivity contribution < 1.29 is 9.84 Å². The minimum Gasteiger partial charge on any atom is -0.457 e. The van der Waals surface area contributed by atoms with Gasteiger partial charge in [0.05, 0.1) is 11.7 Å². The highest BCUT2D eigenvalue weighted by Crippen LogP contribution is 2.29. The second-order valence-corrected chi connectivity index (χ2v) is 5.45. The molecule has 21 heavy (non-hydrogen) atoms. The third kappa shape index (κ3) is 4.22. The highest BCUT2D eigenvalue weighted by Gasteiger charge is 2.22. The molecule has 0 aliphatic heterocycles. The molecule has 2 aromatic rings. The van der Waals surface area contributed by atoms with Crippen LogP contribution in [-0.2, 0) is 5.60 Å². The number of nitriles is 1. The molecule has 2 aromatic carbocycles. The van der Waals surface area contributed by atoms with E-state index in [1.54, 1.807) is 43.3 Å². The van der Waals surface area contributed by atoms with Gasteiger partial charge >= 0.3 is 0 Å². The predicted molar refractivity (Wildman–Crippen MR) is 82.4 cm³/mol. The molecule has 0 spiro atoms. The van der Waals surface area contributed by atoms with Crippen LogP contribution in [0.4, 0.5) is 0 Å². The van der Waals surface area contributed by atoms with Crippen LogP contribution in [0.5, 0.6) is 11.5 Å². The second kappa shape index (κ2) is 6.62. The van der Waals surface area contributed by atoms with Crippen molar-refractivity contribution in [2.45, 2.75) is 25.4 Å². The summed E-state index contributed by atoms with van der Waals surface area (Å²) in [4.78, 5) is 0. The van der Waals surface area contributed by atoms with E-state index in [2.05, 4.69) is 0 Å². The highest BCUT2D eigenvalue weighted by atomic mass is 35.5. The number of nitrogens with zero attached hydrogens (tertiary/aromatic N) is 1. The summed E-state index contributed by atoms with van der Waals surface area (Å²) in [5.41, 5.74) is -0.240. The Kier molecular flexibility index (Phi) is 4.85. The van der Waals surface area contributed by atoms with Gasteiger partial charge in [0, 0.05) is 11.4 Å². The summed E-state index contributed by atoms with van der Waals surface area (Å²) in [6.45, 7) is 1.71. The summed E-state index contributed by atoms with van der Waals surface area (Å²) in [5, 5.41) is 19.6. The van der Waals surface area contributed by atoms with Gasteiger partial charge < -0.3 is 9.84 Å². The zero-order chi connectivity index (χ0) is 15.3. The first kappa shape index (κ1) is 15.4. The molecular weight excluding hydrogens is 286 g/mol. The molecule has 3 nitrogen and oxygen atoms in total. The number of hydrogen-bond acceptors (Lipinski definition) is 3. The molecule has 0 aromatic heterocycles. The molecule has 1 N–H and O–H groups in total. The van der Waals surface area contributed by atoms with Crippen LogP contribution in [0.15, 0.2) is 48.5 Å². The number of ether oxygens (including phenoxy) is 1. The van der Waals surface area contributed by atoms with E-state index in [1.165, 1.54) is 0 Å². The molecule has 0 amide bonds. The van der Waals surface area contributed by atoms with Crippen molar-refractivity contribution >= 4 is 11.6 Å². The van der Waals surface area contributed by atoms with Gasteiger partial charge in [0.1, 0.15) is 11.5 Å². The standard InChI is InChI=1S/C17H16ClNO2/c1-17(20,11-2-12-19)13-3-7-15(8-4-13)21-16-9-5-14(18)6-10-16/h3-10,20H,2,11H2,1H3. The Morgan fingerprint density at radius 2 is 1.62 bits per heavy atom. The Morgan fingerprint density at radius 3 is 2.14 bits per heavy atom. The molecule has 0 heterocycles. The van der Waals surface area contributed by atoms with E-state index in [1.807, 2.05) is 18.2 Å². The molecule has 1 unspecified atom stereocenters. The van der Waals surface area contributed by atoms with E-state index < -0.39 is 5.60 Å². The molecule has 4 heteroatoms. The van der Waals surface area contributed by atoms with Gasteiger partial charge in [-0.25, -0.2) is 0 Å². The summed E-state index contributed by atoms with van der Waals surface area (Å²) in [5.74, 6) is 1.38. The molecular formula is C17H16ClNO2. The Hall–Kier alpha value is -2.02. The van der Waals surface area contributed by atoms with Gasteiger partial charge in [-0.15, -0.1) is 0 Å². The SMILES string of the molecule is CC(O)(CCC#N)c1ccc(Oc2ccc(Cl)cc2)cc1. The number of rotatable bonds is 5. The Bertz CT molecular complexity index is 627. The Balaban J connectivity index is 2.08. The van der Waals surface area contributed by atoms with E-state index in [0.717, 1.165) is 5.56 Å². The van der Waals surface area contributed by atoms with Crippen LogP contribution in [0.1, 0.15) is 25.3 Å². The zero-order valence-corrected chi connectivity index (χ0v) is 12.5. The lowest BCUT2D eigenvalue weighted by atomic mass is 9.91. The first-order valence-corrected chi connectivity index (χ1v) is 7.02. The van der Waals surface area contributed by atoms with Crippen molar-refractivity contribution in [2.75, 3.05) is 0 Å². The molecule has 0 radical (unpaired) electrons. The topological polar surface area (TPSA) is 53.2 Å². The minimum atomic E-state index is -1.01. The van der Waals surface area contributed by atoms with Crippen molar-refractivity contribution in [1.29, 1.82) is 5.26 Å². The fourth-order valence-corrected chi connectivity index (χ4v) is 2.09. The van der Waals surface area contributed by atoms with Crippen molar-refractivity contribution in [3.05, 3.63) is 59.1 Å². The quantitative estimate of drug-likeness (QED) is 0.875. The van der Waals surface area contributed by atoms with Crippen molar-refractivity contribution in [3.8, 4) is 17.6 Å². The normalized spacial score (nSPS) is 13.2. The summed E-state index contributed by atoms with van der Waals surface area (Å²) in [6, 6.07) is 16.4. The van der Waals surface area contributed by atoms with Gasteiger partial charge in [-0.2, -0.15) is 5.26 Å². The van der Waals surface area contributed by atoms with Crippen LogP contribution in [0.25, 0.3) is 0 Å². The lowest BCUT2D eigenvalue weighted by molar-refractivity contribution is 0.0492. The van der Waals surface area contributed by atoms with Gasteiger partial charge in [-0.05, 0) is 55.3 Å². The van der Waals surface area contributed by atoms with Crippen LogP contribution >= 0.6 is 11.6 Å². The zero-order valence-electron chi connectivity index (χ0n) is 11.7. The molecule has 0 bridgehead atoms. The number of halogens is 1. The predicted octanol–water partition coefficient (Wildman–Crippen LogP) is 4.64. The van der Waals surface area contributed by atoms with E-state index in [0.29, 0.717) is 29.4 Å². The lowest BCUT2D eigenvalue weighted by Gasteiger charge is -2.22. The molecule has 0 aliphatic rings. The maximum absolute atomic E-state index is 10.3. The fourth-order valence-electron chi connectivity index (χ4n) is 1.96. The third-order valence-corrected chi connectivity index (χ3v) is 3.50. The average Bonchev–Trinajstić information content (AvgIpc) is 2.48. The molecule has 0 fully saturated rings. The summed E-state index contributed by atoms with van der Waals surface area (Å²) >= 11 is 5.82. The summed E-state index contributed by atoms with van der Waals surface area (Å²) in [6.07, 6.45) is 0.719. The van der Waals surface area contributed by atoms with Crippen molar-refractivity contribution in [1.82, 2.24) is 0 Å². The van der Waals surface area contributed by atoms with Crippen LogP contribution in [0, 0.1) is 11.3 Å². The third-order valence-electron chi connectivity index (χ3n) is 3.25. The summed E-state index contributed by atoms with van der Waals surface area (Å²) in [7, 11) is 0. The number of benzene rings is 2. The molecule has 0 saturated heterocycles. The van der Waals surface area contributed by atoms with Crippen molar-refractivity contribution in [2.24, 2.45) is 0 Å². The highest BCUT2D eigenvalue weighted by molar-refractivity contribution is 6.30. The van der Waals surface area contributed by atoms with E-state index >= 15 is 0 Å². The molecule has 108 valence electrons. The monoisotopic (exact) mass is 301 g/mol. The van der Waals surface area contributed by atoms with Crippen LogP contribution in [-0.4, -0.2) is 5.11 Å². The van der Waals surface area contributed by atoms with Gasteiger partial charge in [-0.1, -0.05) is 23.7 Å². The minimum absolute atomic E-state index is 0.316. The second-order valence-electron chi connectivity index (χ2n) is 5.01. The van der Waals surface area contributed by atoms with Gasteiger partial charge in [0.2, 0.25) is 0 Å². The maximum Gasteiger partial charge on any atom is 0.127 e. The van der Waals surface area contributed by atoms with E-state index in [-0.39, 0.29) is 0 Å². The maximum atomic E-state index is 10.3. The number of aliphatic hydroxyl groups is 1. The van der Waals surface area contributed by atoms with Crippen LogP contribution in [0.2, 0.25) is 5.02 Å². The van der Waals surface area contributed by atoms with E-state index in [4.69, 9.17) is 21.6 Å². The largest absolute Gasteiger partial charge is 0.457 e. The van der Waals surface area contributed by atoms with Crippen LogP contribution in [0.3, 0.4) is 0 Å². The molecule has 1 atom stereocenters. The van der Waals surface area contributed by atoms with Gasteiger partial charge in [0.15, 0.2) is 0 Å². The lowest BCUT2D eigenvalue weighted by Crippen LogP contribution is -2.20. The molecule has 2 rings (SSSR count). The van der Waals surface area contributed by atoms with E-state index in [9.17, 15) is 5.11 Å². The number of hydrogen-bond donors (Lipinski definition) is 1. The average molecular weight is 302 g/mol. The first-order valence-electron chi connectivity index (χ1n) is 6.64. The summed E-state index contributed by atoms with van der Waals surface area (Å²) < 4.78 is 5.69. The molecule has 0 aliphatic carbocycles. The fraction of sp³-hybridized carbons (Fsp3) is 0.235. The first-order chi connectivity index (χ1) is 10.0. The van der Waals surface area contributed by atoms with Gasteiger partial charge in [-0.3, -0.25) is 0 Å². The Morgan fingerprint density at radius 1 is 1.10 bits per heavy atom. The smallest absolute Gasteiger partial charge is 0.127 e.